The Kier molecular flexibility index (Phi) is 7.72. The second-order valence-corrected chi connectivity index (χ2v) is 8.90. The van der Waals surface area contributed by atoms with Gasteiger partial charge in [-0.3, -0.25) is 4.79 Å². The highest BCUT2D eigenvalue weighted by atomic mass is 19.1. The SMILES string of the molecule is CCC1CCC(C(=O)Nc2cc(-c3ccc(F)c(NCC4CCOCC4)n3)c(N)cn2)CN1. The third-order valence-corrected chi connectivity index (χ3v) is 6.59. The number of hydrogen-bond donors (Lipinski definition) is 4. The van der Waals surface area contributed by atoms with Crippen molar-refractivity contribution in [1.82, 2.24) is 15.3 Å². The molecule has 0 spiro atoms. The third kappa shape index (κ3) is 5.97. The molecule has 0 radical (unpaired) electrons. The van der Waals surface area contributed by atoms with Crippen LogP contribution in [0.4, 0.5) is 21.7 Å². The number of carbonyl (C=O) groups is 1. The average molecular weight is 457 g/mol. The predicted molar refractivity (Wildman–Crippen MR) is 127 cm³/mol. The van der Waals surface area contributed by atoms with Crippen molar-refractivity contribution in [3.05, 3.63) is 30.2 Å². The summed E-state index contributed by atoms with van der Waals surface area (Å²) in [6.07, 6.45) is 6.29. The molecule has 2 saturated heterocycles. The molecule has 4 heterocycles. The van der Waals surface area contributed by atoms with Gasteiger partial charge in [-0.1, -0.05) is 6.92 Å². The second kappa shape index (κ2) is 10.9. The Labute approximate surface area is 193 Å². The van der Waals surface area contributed by atoms with Crippen molar-refractivity contribution < 1.29 is 13.9 Å². The molecule has 2 aromatic rings. The molecule has 2 aliphatic heterocycles. The lowest BCUT2D eigenvalue weighted by Gasteiger charge is -2.28. The van der Waals surface area contributed by atoms with Gasteiger partial charge in [-0.2, -0.15) is 0 Å². The van der Waals surface area contributed by atoms with Crippen LogP contribution in [0.15, 0.2) is 24.4 Å². The zero-order valence-electron chi connectivity index (χ0n) is 19.1. The number of aromatic nitrogens is 2. The molecule has 0 bridgehead atoms. The van der Waals surface area contributed by atoms with E-state index in [4.69, 9.17) is 10.5 Å². The number of rotatable bonds is 7. The van der Waals surface area contributed by atoms with Crippen molar-refractivity contribution in [2.24, 2.45) is 11.8 Å². The Balaban J connectivity index is 1.45. The summed E-state index contributed by atoms with van der Waals surface area (Å²) in [4.78, 5) is 21.5. The maximum Gasteiger partial charge on any atom is 0.229 e. The van der Waals surface area contributed by atoms with Crippen LogP contribution in [0.5, 0.6) is 0 Å². The number of nitrogen functional groups attached to an aromatic ring is 1. The number of nitrogens with zero attached hydrogens (tertiary/aromatic N) is 2. The van der Waals surface area contributed by atoms with E-state index in [1.165, 1.54) is 12.3 Å². The van der Waals surface area contributed by atoms with Gasteiger partial charge in [0.05, 0.1) is 23.5 Å². The van der Waals surface area contributed by atoms with Crippen LogP contribution in [0.1, 0.15) is 39.0 Å². The van der Waals surface area contributed by atoms with E-state index in [1.807, 2.05) is 0 Å². The molecule has 1 amide bonds. The lowest BCUT2D eigenvalue weighted by atomic mass is 9.93. The van der Waals surface area contributed by atoms with Crippen molar-refractivity contribution in [2.75, 3.05) is 42.7 Å². The maximum absolute atomic E-state index is 14.4. The minimum Gasteiger partial charge on any atom is -0.397 e. The van der Waals surface area contributed by atoms with Crippen LogP contribution in [0.25, 0.3) is 11.3 Å². The van der Waals surface area contributed by atoms with Crippen molar-refractivity contribution in [1.29, 1.82) is 0 Å². The maximum atomic E-state index is 14.4. The number of nitrogens with one attached hydrogen (secondary N) is 3. The highest BCUT2D eigenvalue weighted by Crippen LogP contribution is 2.29. The van der Waals surface area contributed by atoms with Crippen molar-refractivity contribution in [3.8, 4) is 11.3 Å². The summed E-state index contributed by atoms with van der Waals surface area (Å²) < 4.78 is 19.8. The Hall–Kier alpha value is -2.78. The highest BCUT2D eigenvalue weighted by molar-refractivity contribution is 5.93. The summed E-state index contributed by atoms with van der Waals surface area (Å²) in [5.74, 6) is 0.455. The number of pyridine rings is 2. The molecule has 2 unspecified atom stereocenters. The van der Waals surface area contributed by atoms with Crippen molar-refractivity contribution in [3.63, 3.8) is 0 Å². The minimum atomic E-state index is -0.415. The summed E-state index contributed by atoms with van der Waals surface area (Å²) in [5.41, 5.74) is 7.68. The Morgan fingerprint density at radius 2 is 2.09 bits per heavy atom. The van der Waals surface area contributed by atoms with E-state index < -0.39 is 5.82 Å². The number of piperidine rings is 1. The smallest absolute Gasteiger partial charge is 0.229 e. The van der Waals surface area contributed by atoms with E-state index in [0.717, 1.165) is 45.3 Å². The Bertz CT molecular complexity index is 958. The van der Waals surface area contributed by atoms with Gasteiger partial charge in [-0.05, 0) is 56.2 Å². The number of anilines is 3. The second-order valence-electron chi connectivity index (χ2n) is 8.90. The highest BCUT2D eigenvalue weighted by Gasteiger charge is 2.25. The van der Waals surface area contributed by atoms with Gasteiger partial charge in [0, 0.05) is 37.9 Å². The fourth-order valence-corrected chi connectivity index (χ4v) is 4.38. The van der Waals surface area contributed by atoms with Crippen LogP contribution in [-0.2, 0) is 9.53 Å². The minimum absolute atomic E-state index is 0.0637. The standard InChI is InChI=1S/C24H33FN6O2/c1-2-17-4-3-16(13-27-17)24(32)31-22-11-18(20(26)14-28-22)21-6-5-19(25)23(30-21)29-12-15-7-9-33-10-8-15/h5-6,11,14-17,27H,2-4,7-10,12-13,26H2,1H3,(H,29,30)(H,28,31,32). The molecule has 2 fully saturated rings. The number of nitrogens with two attached hydrogens (primary N) is 1. The molecule has 178 valence electrons. The average Bonchev–Trinajstić information content (AvgIpc) is 2.85. The molecule has 4 rings (SSSR count). The fourth-order valence-electron chi connectivity index (χ4n) is 4.38. The molecule has 2 aromatic heterocycles. The molecule has 33 heavy (non-hydrogen) atoms. The Morgan fingerprint density at radius 1 is 1.27 bits per heavy atom. The number of halogens is 1. The van der Waals surface area contributed by atoms with Crippen LogP contribution in [0, 0.1) is 17.7 Å². The molecule has 2 atom stereocenters. The zero-order valence-corrected chi connectivity index (χ0v) is 19.1. The lowest BCUT2D eigenvalue weighted by Crippen LogP contribution is -2.43. The summed E-state index contributed by atoms with van der Waals surface area (Å²) in [6, 6.07) is 5.14. The van der Waals surface area contributed by atoms with Crippen LogP contribution < -0.4 is 21.7 Å². The van der Waals surface area contributed by atoms with Gasteiger partial charge >= 0.3 is 0 Å². The molecule has 0 aliphatic carbocycles. The largest absolute Gasteiger partial charge is 0.397 e. The first kappa shape index (κ1) is 23.4. The monoisotopic (exact) mass is 456 g/mol. The summed E-state index contributed by atoms with van der Waals surface area (Å²) in [5, 5.41) is 9.46. The summed E-state index contributed by atoms with van der Waals surface area (Å²) in [7, 11) is 0. The van der Waals surface area contributed by atoms with Crippen molar-refractivity contribution in [2.45, 2.75) is 45.1 Å². The molecule has 2 aliphatic rings. The number of hydrogen-bond acceptors (Lipinski definition) is 7. The quantitative estimate of drug-likeness (QED) is 0.505. The first-order valence-electron chi connectivity index (χ1n) is 11.8. The van der Waals surface area contributed by atoms with Gasteiger partial charge < -0.3 is 26.4 Å². The van der Waals surface area contributed by atoms with Crippen LogP contribution in [-0.4, -0.2) is 48.2 Å². The molecular formula is C24H33FN6O2. The van der Waals surface area contributed by atoms with Gasteiger partial charge in [0.15, 0.2) is 11.6 Å². The van der Waals surface area contributed by atoms with Crippen LogP contribution in [0.2, 0.25) is 0 Å². The van der Waals surface area contributed by atoms with Gasteiger partial charge in [-0.15, -0.1) is 0 Å². The first-order chi connectivity index (χ1) is 16.0. The molecule has 0 aromatic carbocycles. The first-order valence-corrected chi connectivity index (χ1v) is 11.8. The van der Waals surface area contributed by atoms with E-state index in [-0.39, 0.29) is 17.6 Å². The van der Waals surface area contributed by atoms with E-state index in [9.17, 15) is 9.18 Å². The molecule has 5 N–H and O–H groups in total. The molecule has 0 saturated carbocycles. The van der Waals surface area contributed by atoms with Crippen LogP contribution in [0.3, 0.4) is 0 Å². The van der Waals surface area contributed by atoms with Gasteiger partial charge in [0.25, 0.3) is 0 Å². The van der Waals surface area contributed by atoms with E-state index in [1.54, 1.807) is 12.1 Å². The molecular weight excluding hydrogens is 423 g/mol. The molecule has 9 heteroatoms. The third-order valence-electron chi connectivity index (χ3n) is 6.59. The number of carbonyl (C=O) groups excluding carboxylic acids is 1. The van der Waals surface area contributed by atoms with E-state index >= 15 is 0 Å². The van der Waals surface area contributed by atoms with Gasteiger partial charge in [0.1, 0.15) is 5.82 Å². The predicted octanol–water partition coefficient (Wildman–Crippen LogP) is 3.42. The Morgan fingerprint density at radius 3 is 2.82 bits per heavy atom. The van der Waals surface area contributed by atoms with E-state index in [0.29, 0.717) is 47.8 Å². The fraction of sp³-hybridized carbons (Fsp3) is 0.542. The number of ether oxygens (including phenoxy) is 1. The van der Waals surface area contributed by atoms with E-state index in [2.05, 4.69) is 32.8 Å². The number of amides is 1. The summed E-state index contributed by atoms with van der Waals surface area (Å²) in [6.45, 7) is 4.92. The normalized spacial score (nSPS) is 21.5. The lowest BCUT2D eigenvalue weighted by molar-refractivity contribution is -0.120. The summed E-state index contributed by atoms with van der Waals surface area (Å²) >= 11 is 0. The van der Waals surface area contributed by atoms with Crippen molar-refractivity contribution >= 4 is 23.2 Å². The topological polar surface area (TPSA) is 114 Å². The van der Waals surface area contributed by atoms with Gasteiger partial charge in [0.2, 0.25) is 5.91 Å². The van der Waals surface area contributed by atoms with Gasteiger partial charge in [-0.25, -0.2) is 14.4 Å². The van der Waals surface area contributed by atoms with Crippen LogP contribution >= 0.6 is 0 Å². The zero-order chi connectivity index (χ0) is 23.2. The molecule has 8 nitrogen and oxygen atoms in total.